The van der Waals surface area contributed by atoms with Gasteiger partial charge in [-0.25, -0.2) is 0 Å². The number of thiophene rings is 1. The summed E-state index contributed by atoms with van der Waals surface area (Å²) in [4.78, 5) is 31.9. The van der Waals surface area contributed by atoms with Gasteiger partial charge >= 0.3 is 0 Å². The van der Waals surface area contributed by atoms with Crippen LogP contribution in [0, 0.1) is 13.8 Å². The molecule has 1 aliphatic heterocycles. The maximum Gasteiger partial charge on any atom is 0.254 e. The number of aryl methyl sites for hydroxylation is 2. The maximum absolute atomic E-state index is 13.6. The molecule has 2 aliphatic rings. The Morgan fingerprint density at radius 3 is 2.35 bits per heavy atom. The highest BCUT2D eigenvalue weighted by Crippen LogP contribution is 2.35. The van der Waals surface area contributed by atoms with E-state index in [0.29, 0.717) is 18.7 Å². The normalized spacial score (nSPS) is 17.2. The van der Waals surface area contributed by atoms with Gasteiger partial charge in [-0.15, -0.1) is 11.3 Å². The lowest BCUT2D eigenvalue weighted by Crippen LogP contribution is -2.48. The van der Waals surface area contributed by atoms with E-state index in [1.807, 2.05) is 67.3 Å². The van der Waals surface area contributed by atoms with Crippen molar-refractivity contribution in [3.63, 3.8) is 0 Å². The van der Waals surface area contributed by atoms with Crippen molar-refractivity contribution in [2.24, 2.45) is 0 Å². The number of hydrogen-bond acceptors (Lipinski definition) is 4. The molecule has 1 saturated carbocycles. The van der Waals surface area contributed by atoms with Crippen molar-refractivity contribution in [1.29, 1.82) is 0 Å². The van der Waals surface area contributed by atoms with E-state index in [0.717, 1.165) is 30.6 Å². The average Bonchev–Trinajstić information content (AvgIpc) is 3.57. The number of amides is 2. The molecule has 5 rings (SSSR count). The molecule has 6 heteroatoms. The maximum atomic E-state index is 13.6. The first kappa shape index (κ1) is 22.7. The molecule has 1 aliphatic carbocycles. The van der Waals surface area contributed by atoms with Crippen LogP contribution in [0.25, 0.3) is 0 Å². The van der Waals surface area contributed by atoms with Crippen molar-refractivity contribution in [1.82, 2.24) is 9.80 Å². The summed E-state index contributed by atoms with van der Waals surface area (Å²) < 4.78 is 6.13. The second-order valence-electron chi connectivity index (χ2n) is 9.31. The van der Waals surface area contributed by atoms with Crippen molar-refractivity contribution in [3.05, 3.63) is 87.1 Å². The van der Waals surface area contributed by atoms with Gasteiger partial charge in [-0.2, -0.15) is 0 Å². The minimum atomic E-state index is -0.153. The molecule has 2 amide bonds. The Hall–Kier alpha value is -3.12. The van der Waals surface area contributed by atoms with Gasteiger partial charge < -0.3 is 14.5 Å². The fraction of sp³-hybridized carbons (Fsp3) is 0.357. The fourth-order valence-electron chi connectivity index (χ4n) is 4.54. The summed E-state index contributed by atoms with van der Waals surface area (Å²) in [6, 6.07) is 17.7. The average molecular weight is 475 g/mol. The minimum absolute atomic E-state index is 0.0123. The van der Waals surface area contributed by atoms with Crippen LogP contribution >= 0.6 is 11.3 Å². The molecule has 0 spiro atoms. The van der Waals surface area contributed by atoms with Crippen LogP contribution in [0.15, 0.2) is 60.0 Å². The highest BCUT2D eigenvalue weighted by Gasteiger charge is 2.38. The SMILES string of the molecule is Cc1ccc(OC[C@H]2c3ccsc3CCN2C(=O)CN(C(=O)c2ccc(C)cc2)C2CC2)cc1. The molecule has 0 unspecified atom stereocenters. The van der Waals surface area contributed by atoms with Gasteiger partial charge in [-0.1, -0.05) is 35.4 Å². The predicted octanol–water partition coefficient (Wildman–Crippen LogP) is 5.17. The molecule has 1 fully saturated rings. The number of benzene rings is 2. The second kappa shape index (κ2) is 9.63. The van der Waals surface area contributed by atoms with Crippen molar-refractivity contribution >= 4 is 23.2 Å². The molecule has 0 saturated heterocycles. The number of carbonyl (C=O) groups excluding carboxylic acids is 2. The number of rotatable bonds is 7. The van der Waals surface area contributed by atoms with E-state index in [-0.39, 0.29) is 30.4 Å². The van der Waals surface area contributed by atoms with Gasteiger partial charge in [0.05, 0.1) is 6.04 Å². The zero-order valence-electron chi connectivity index (χ0n) is 19.7. The van der Waals surface area contributed by atoms with Crippen LogP contribution in [-0.4, -0.2) is 47.4 Å². The van der Waals surface area contributed by atoms with E-state index in [1.165, 1.54) is 16.0 Å². The molecule has 1 atom stereocenters. The number of nitrogens with zero attached hydrogens (tertiary/aromatic N) is 2. The summed E-state index contributed by atoms with van der Waals surface area (Å²) in [5, 5.41) is 2.09. The Bertz CT molecular complexity index is 1170. The summed E-state index contributed by atoms with van der Waals surface area (Å²) in [5.74, 6) is 0.729. The molecule has 176 valence electrons. The third-order valence-electron chi connectivity index (χ3n) is 6.70. The molecule has 34 heavy (non-hydrogen) atoms. The molecular formula is C28H30N2O3S. The Labute approximate surface area is 205 Å². The summed E-state index contributed by atoms with van der Waals surface area (Å²) in [6.45, 7) is 5.20. The monoisotopic (exact) mass is 474 g/mol. The number of carbonyl (C=O) groups is 2. The van der Waals surface area contributed by atoms with Crippen LogP contribution in [-0.2, 0) is 11.2 Å². The zero-order valence-corrected chi connectivity index (χ0v) is 20.5. The van der Waals surface area contributed by atoms with Gasteiger partial charge in [0.1, 0.15) is 18.9 Å². The molecule has 0 N–H and O–H groups in total. The highest BCUT2D eigenvalue weighted by molar-refractivity contribution is 7.10. The largest absolute Gasteiger partial charge is 0.491 e. The fourth-order valence-corrected chi connectivity index (χ4v) is 5.46. The molecule has 0 radical (unpaired) electrons. The lowest BCUT2D eigenvalue weighted by molar-refractivity contribution is -0.135. The summed E-state index contributed by atoms with van der Waals surface area (Å²) in [5.41, 5.74) is 4.10. The van der Waals surface area contributed by atoms with E-state index < -0.39 is 0 Å². The lowest BCUT2D eigenvalue weighted by Gasteiger charge is -2.37. The summed E-state index contributed by atoms with van der Waals surface area (Å²) >= 11 is 1.74. The summed E-state index contributed by atoms with van der Waals surface area (Å²) in [6.07, 6.45) is 2.76. The third-order valence-corrected chi connectivity index (χ3v) is 7.69. The van der Waals surface area contributed by atoms with Crippen LogP contribution < -0.4 is 4.74 Å². The lowest BCUT2D eigenvalue weighted by atomic mass is 10.00. The number of ether oxygens (including phenoxy) is 1. The third kappa shape index (κ3) is 4.87. The van der Waals surface area contributed by atoms with Gasteiger partial charge in [0.25, 0.3) is 5.91 Å². The molecular weight excluding hydrogens is 444 g/mol. The Balaban J connectivity index is 1.33. The Kier molecular flexibility index (Phi) is 6.42. The minimum Gasteiger partial charge on any atom is -0.491 e. The highest BCUT2D eigenvalue weighted by atomic mass is 32.1. The van der Waals surface area contributed by atoms with E-state index in [4.69, 9.17) is 4.74 Å². The van der Waals surface area contributed by atoms with Crippen LogP contribution in [0.2, 0.25) is 0 Å². The van der Waals surface area contributed by atoms with Gasteiger partial charge in [-0.05, 0) is 74.4 Å². The van der Waals surface area contributed by atoms with E-state index in [9.17, 15) is 9.59 Å². The number of fused-ring (bicyclic) bond motifs is 1. The van der Waals surface area contributed by atoms with E-state index in [1.54, 1.807) is 16.2 Å². The predicted molar refractivity (Wildman–Crippen MR) is 134 cm³/mol. The Morgan fingerprint density at radius 1 is 1.00 bits per heavy atom. The van der Waals surface area contributed by atoms with Crippen LogP contribution in [0.1, 0.15) is 50.8 Å². The van der Waals surface area contributed by atoms with Crippen molar-refractivity contribution in [2.75, 3.05) is 19.7 Å². The molecule has 3 aromatic rings. The molecule has 0 bridgehead atoms. The van der Waals surface area contributed by atoms with E-state index >= 15 is 0 Å². The molecule has 1 aromatic heterocycles. The van der Waals surface area contributed by atoms with Gasteiger partial charge in [0.2, 0.25) is 5.91 Å². The van der Waals surface area contributed by atoms with Crippen molar-refractivity contribution in [3.8, 4) is 5.75 Å². The zero-order chi connectivity index (χ0) is 23.7. The topological polar surface area (TPSA) is 49.9 Å². The smallest absolute Gasteiger partial charge is 0.254 e. The van der Waals surface area contributed by atoms with Gasteiger partial charge in [-0.3, -0.25) is 9.59 Å². The van der Waals surface area contributed by atoms with Crippen LogP contribution in [0.4, 0.5) is 0 Å². The van der Waals surface area contributed by atoms with Crippen molar-refractivity contribution < 1.29 is 14.3 Å². The second-order valence-corrected chi connectivity index (χ2v) is 10.3. The van der Waals surface area contributed by atoms with Crippen LogP contribution in [0.3, 0.4) is 0 Å². The first-order valence-corrected chi connectivity index (χ1v) is 12.8. The van der Waals surface area contributed by atoms with E-state index in [2.05, 4.69) is 11.4 Å². The van der Waals surface area contributed by atoms with Crippen LogP contribution in [0.5, 0.6) is 5.75 Å². The molecule has 5 nitrogen and oxygen atoms in total. The first-order valence-electron chi connectivity index (χ1n) is 11.9. The first-order chi connectivity index (χ1) is 16.5. The molecule has 2 aromatic carbocycles. The molecule has 2 heterocycles. The van der Waals surface area contributed by atoms with Crippen molar-refractivity contribution in [2.45, 2.75) is 45.2 Å². The summed E-state index contributed by atoms with van der Waals surface area (Å²) in [7, 11) is 0. The number of hydrogen-bond donors (Lipinski definition) is 0. The van der Waals surface area contributed by atoms with Gasteiger partial charge in [0, 0.05) is 23.0 Å². The standard InChI is InChI=1S/C28H30N2O3S/c1-19-3-7-21(8-4-19)28(32)30(22-9-10-22)17-27(31)29-15-13-26-24(14-16-34-26)25(29)18-33-23-11-5-20(2)6-12-23/h3-8,11-12,14,16,22,25H,9-10,13,15,17-18H2,1-2H3/t25-/m0/s1. The van der Waals surface area contributed by atoms with Gasteiger partial charge in [0.15, 0.2) is 0 Å². The Morgan fingerprint density at radius 2 is 1.68 bits per heavy atom. The quantitative estimate of drug-likeness (QED) is 0.474.